The molecule has 5 rings (SSSR count). The van der Waals surface area contributed by atoms with Gasteiger partial charge in [0.25, 0.3) is 5.82 Å². The number of ether oxygens (including phenoxy) is 2. The van der Waals surface area contributed by atoms with E-state index in [0.29, 0.717) is 29.6 Å². The zero-order valence-corrected chi connectivity index (χ0v) is 18.3. The summed E-state index contributed by atoms with van der Waals surface area (Å²) in [5, 5.41) is 5.02. The van der Waals surface area contributed by atoms with Crippen molar-refractivity contribution >= 4 is 23.0 Å². The van der Waals surface area contributed by atoms with Gasteiger partial charge in [0, 0.05) is 22.6 Å². The summed E-state index contributed by atoms with van der Waals surface area (Å²) in [5.41, 5.74) is 1.43. The van der Waals surface area contributed by atoms with Crippen LogP contribution in [0.25, 0.3) is 5.00 Å². The first-order valence-electron chi connectivity index (χ1n) is 10.4. The van der Waals surface area contributed by atoms with Crippen LogP contribution in [0.2, 0.25) is 0 Å². The van der Waals surface area contributed by atoms with Crippen LogP contribution in [0.15, 0.2) is 23.2 Å². The third-order valence-electron chi connectivity index (χ3n) is 5.43. The van der Waals surface area contributed by atoms with Gasteiger partial charge in [0.2, 0.25) is 0 Å². The molecule has 0 unspecified atom stereocenters. The molecule has 0 radical (unpaired) electrons. The zero-order chi connectivity index (χ0) is 22.4. The van der Waals surface area contributed by atoms with Crippen LogP contribution in [0.4, 0.5) is 8.78 Å². The number of thiophene rings is 1. The van der Waals surface area contributed by atoms with Crippen molar-refractivity contribution in [1.29, 1.82) is 0 Å². The Balaban J connectivity index is 1.78. The lowest BCUT2D eigenvalue weighted by molar-refractivity contribution is 0.0512. The fourth-order valence-electron chi connectivity index (χ4n) is 4.01. The zero-order valence-electron chi connectivity index (χ0n) is 17.5. The summed E-state index contributed by atoms with van der Waals surface area (Å²) in [5.74, 6) is -1.70. The second-order valence-corrected chi connectivity index (χ2v) is 8.60. The fraction of sp³-hybridized carbons (Fsp3) is 0.364. The molecule has 0 spiro atoms. The number of aromatic nitrogens is 3. The number of hydrogen-bond acceptors (Lipinski definition) is 7. The minimum Gasteiger partial charge on any atom is -0.460 e. The number of nitrogens with zero attached hydrogens (tertiary/aromatic N) is 4. The molecule has 0 N–H and O–H groups in total. The van der Waals surface area contributed by atoms with E-state index >= 15 is 0 Å². The van der Waals surface area contributed by atoms with Crippen LogP contribution < -0.4 is 0 Å². The van der Waals surface area contributed by atoms with Gasteiger partial charge in [-0.05, 0) is 38.8 Å². The smallest absolute Gasteiger partial charge is 0.378 e. The molecule has 0 saturated heterocycles. The first-order valence-corrected chi connectivity index (χ1v) is 11.2. The van der Waals surface area contributed by atoms with Gasteiger partial charge in [-0.3, -0.25) is 4.99 Å². The summed E-state index contributed by atoms with van der Waals surface area (Å²) in [6, 6.07) is 3.15. The molecule has 0 bridgehead atoms. The predicted molar refractivity (Wildman–Crippen MR) is 114 cm³/mol. The Morgan fingerprint density at radius 1 is 1.31 bits per heavy atom. The topological polar surface area (TPSA) is 78.6 Å². The van der Waals surface area contributed by atoms with Crippen LogP contribution in [0.5, 0.6) is 0 Å². The van der Waals surface area contributed by atoms with Crippen LogP contribution in [-0.2, 0) is 22.5 Å². The fourth-order valence-corrected chi connectivity index (χ4v) is 5.32. The summed E-state index contributed by atoms with van der Waals surface area (Å²) >= 11 is 1.46. The number of halogens is 2. The van der Waals surface area contributed by atoms with Crippen molar-refractivity contribution in [3.05, 3.63) is 63.0 Å². The summed E-state index contributed by atoms with van der Waals surface area (Å²) < 4.78 is 42.1. The van der Waals surface area contributed by atoms with Gasteiger partial charge in [-0.15, -0.1) is 16.4 Å². The van der Waals surface area contributed by atoms with Crippen LogP contribution >= 0.6 is 11.3 Å². The van der Waals surface area contributed by atoms with Crippen molar-refractivity contribution < 1.29 is 23.0 Å². The third-order valence-corrected chi connectivity index (χ3v) is 6.69. The molecule has 3 aromatic rings. The first kappa shape index (κ1) is 20.9. The Morgan fingerprint density at radius 3 is 2.84 bits per heavy atom. The Bertz CT molecular complexity index is 1230. The Morgan fingerprint density at radius 2 is 2.09 bits per heavy atom. The lowest BCUT2D eigenvalue weighted by atomic mass is 9.97. The first-order chi connectivity index (χ1) is 15.5. The van der Waals surface area contributed by atoms with Crippen molar-refractivity contribution in [3.8, 4) is 5.00 Å². The maximum atomic E-state index is 14.9. The normalized spacial score (nSPS) is 17.5. The molecule has 4 heterocycles. The van der Waals surface area contributed by atoms with Gasteiger partial charge in [0.15, 0.2) is 5.82 Å². The van der Waals surface area contributed by atoms with Crippen molar-refractivity contribution in [2.24, 2.45) is 4.99 Å². The number of carbonyl (C=O) groups is 1. The van der Waals surface area contributed by atoms with E-state index in [4.69, 9.17) is 14.5 Å². The molecule has 32 heavy (non-hydrogen) atoms. The van der Waals surface area contributed by atoms with Crippen molar-refractivity contribution in [2.45, 2.75) is 39.3 Å². The number of benzene rings is 1. The van der Waals surface area contributed by atoms with E-state index in [9.17, 15) is 13.6 Å². The average Bonchev–Trinajstić information content (AvgIpc) is 3.25. The largest absolute Gasteiger partial charge is 0.460 e. The van der Waals surface area contributed by atoms with Crippen molar-refractivity contribution in [3.63, 3.8) is 0 Å². The van der Waals surface area contributed by atoms with Gasteiger partial charge in [-0.2, -0.15) is 0 Å². The van der Waals surface area contributed by atoms with Crippen LogP contribution in [0.3, 0.4) is 0 Å². The quantitative estimate of drug-likeness (QED) is 0.551. The molecular weight excluding hydrogens is 438 g/mol. The third kappa shape index (κ3) is 3.34. The maximum Gasteiger partial charge on any atom is 0.378 e. The summed E-state index contributed by atoms with van der Waals surface area (Å²) in [6.07, 6.45) is 1.60. The number of aryl methyl sites for hydroxylation is 1. The van der Waals surface area contributed by atoms with E-state index in [2.05, 4.69) is 10.1 Å². The van der Waals surface area contributed by atoms with Crippen molar-refractivity contribution in [1.82, 2.24) is 14.8 Å². The Hall–Kier alpha value is -2.98. The summed E-state index contributed by atoms with van der Waals surface area (Å²) in [6.45, 7) is 4.56. The number of esters is 1. The Kier molecular flexibility index (Phi) is 5.34. The van der Waals surface area contributed by atoms with Crippen molar-refractivity contribution in [2.75, 3.05) is 13.2 Å². The number of rotatable bonds is 3. The van der Waals surface area contributed by atoms with Gasteiger partial charge < -0.3 is 9.47 Å². The SMILES string of the molecule is CCOC(=O)c1nc2n(n1)-c1sc3c(c1C(c1c(F)cccc1F)=N[C@H]2C)COCCC3. The van der Waals surface area contributed by atoms with Crippen LogP contribution in [0.1, 0.15) is 64.3 Å². The minimum absolute atomic E-state index is 0.0739. The van der Waals surface area contributed by atoms with E-state index < -0.39 is 23.6 Å². The van der Waals surface area contributed by atoms with E-state index in [0.717, 1.165) is 23.3 Å². The standard InChI is InChI=1S/C22H20F2N4O3S/c1-3-31-22(29)19-26-20-11(2)25-18(17-13(23)6-4-7-14(17)24)16-12-10-30-9-5-8-15(12)32-21(16)28(20)27-19/h4,6-7,11H,3,5,8-10H2,1-2H3/t11-/m0/s1. The van der Waals surface area contributed by atoms with Gasteiger partial charge in [0.1, 0.15) is 22.7 Å². The molecule has 1 atom stereocenters. The molecule has 0 aliphatic carbocycles. The minimum atomic E-state index is -0.698. The lowest BCUT2D eigenvalue weighted by Gasteiger charge is -2.12. The van der Waals surface area contributed by atoms with Crippen LogP contribution in [0, 0.1) is 11.6 Å². The van der Waals surface area contributed by atoms with Gasteiger partial charge in [-0.25, -0.2) is 23.2 Å². The van der Waals surface area contributed by atoms with Crippen LogP contribution in [-0.4, -0.2) is 39.7 Å². The molecule has 2 aromatic heterocycles. The second-order valence-electron chi connectivity index (χ2n) is 7.52. The van der Waals surface area contributed by atoms with Gasteiger partial charge in [-0.1, -0.05) is 6.07 Å². The average molecular weight is 458 g/mol. The highest BCUT2D eigenvalue weighted by molar-refractivity contribution is 7.15. The second kappa shape index (κ2) is 8.18. The predicted octanol–water partition coefficient (Wildman–Crippen LogP) is 4.16. The molecule has 0 saturated carbocycles. The highest BCUT2D eigenvalue weighted by atomic mass is 32.1. The molecule has 166 valence electrons. The maximum absolute atomic E-state index is 14.9. The monoisotopic (exact) mass is 458 g/mol. The summed E-state index contributed by atoms with van der Waals surface area (Å²) in [4.78, 5) is 22.4. The highest BCUT2D eigenvalue weighted by Crippen LogP contribution is 2.40. The molecule has 7 nitrogen and oxygen atoms in total. The lowest BCUT2D eigenvalue weighted by Crippen LogP contribution is -2.13. The van der Waals surface area contributed by atoms with E-state index in [-0.39, 0.29) is 23.7 Å². The van der Waals surface area contributed by atoms with E-state index in [1.165, 1.54) is 29.5 Å². The molecule has 10 heteroatoms. The molecule has 0 amide bonds. The molecule has 0 fully saturated rings. The number of fused-ring (bicyclic) bond motifs is 5. The molecule has 1 aromatic carbocycles. The number of aliphatic imine (C=N–C) groups is 1. The molecule has 2 aliphatic rings. The number of hydrogen-bond donors (Lipinski definition) is 0. The molecular formula is C22H20F2N4O3S. The van der Waals surface area contributed by atoms with E-state index in [1.54, 1.807) is 18.5 Å². The highest BCUT2D eigenvalue weighted by Gasteiger charge is 2.34. The molecule has 2 aliphatic heterocycles. The van der Waals surface area contributed by atoms with Gasteiger partial charge >= 0.3 is 5.97 Å². The number of carbonyl (C=O) groups excluding carboxylic acids is 1. The Labute approximate surface area is 186 Å². The summed E-state index contributed by atoms with van der Waals surface area (Å²) in [7, 11) is 0. The van der Waals surface area contributed by atoms with Gasteiger partial charge in [0.05, 0.1) is 24.5 Å². The van der Waals surface area contributed by atoms with E-state index in [1.807, 2.05) is 0 Å².